The van der Waals surface area contributed by atoms with Crippen molar-refractivity contribution in [2.45, 2.75) is 6.10 Å². The predicted molar refractivity (Wildman–Crippen MR) is 60.8 cm³/mol. The van der Waals surface area contributed by atoms with Crippen LogP contribution in [0.2, 0.25) is 0 Å². The fraction of sp³-hybridized carbons (Fsp3) is 0.200. The van der Waals surface area contributed by atoms with Crippen molar-refractivity contribution < 1.29 is 14.6 Å². The molecule has 6 heteroatoms. The van der Waals surface area contributed by atoms with Gasteiger partial charge in [-0.3, -0.25) is 0 Å². The van der Waals surface area contributed by atoms with Crippen molar-refractivity contribution in [3.05, 3.63) is 28.6 Å². The zero-order valence-corrected chi connectivity index (χ0v) is 9.98. The zero-order chi connectivity index (χ0) is 11.7. The molecule has 0 saturated carbocycles. The molecule has 2 aromatic rings. The molecule has 84 valence electrons. The summed E-state index contributed by atoms with van der Waals surface area (Å²) in [5, 5.41) is 10.4. The van der Waals surface area contributed by atoms with Gasteiger partial charge in [0.2, 0.25) is 0 Å². The van der Waals surface area contributed by atoms with E-state index in [9.17, 15) is 9.90 Å². The van der Waals surface area contributed by atoms with Crippen LogP contribution >= 0.6 is 15.9 Å². The molecule has 0 amide bonds. The van der Waals surface area contributed by atoms with Crippen LogP contribution in [0.15, 0.2) is 23.1 Å². The molecule has 16 heavy (non-hydrogen) atoms. The molecule has 0 radical (unpaired) electrons. The topological polar surface area (TPSA) is 75.2 Å². The molecule has 0 aliphatic carbocycles. The van der Waals surface area contributed by atoms with E-state index in [0.717, 1.165) is 5.52 Å². The van der Waals surface area contributed by atoms with Crippen molar-refractivity contribution in [1.82, 2.24) is 9.97 Å². The van der Waals surface area contributed by atoms with Gasteiger partial charge in [-0.2, -0.15) is 0 Å². The SMILES string of the molecule is COC(=O)C(O)c1c[nH]c2cc(Br)ncc12. The molecule has 2 heterocycles. The van der Waals surface area contributed by atoms with Gasteiger partial charge < -0.3 is 14.8 Å². The van der Waals surface area contributed by atoms with Crippen LogP contribution in [0, 0.1) is 0 Å². The van der Waals surface area contributed by atoms with Crippen LogP contribution in [0.3, 0.4) is 0 Å². The number of hydrogen-bond donors (Lipinski definition) is 2. The van der Waals surface area contributed by atoms with Gasteiger partial charge in [-0.15, -0.1) is 0 Å². The van der Waals surface area contributed by atoms with Gasteiger partial charge in [0.25, 0.3) is 0 Å². The van der Waals surface area contributed by atoms with Gasteiger partial charge in [-0.1, -0.05) is 0 Å². The summed E-state index contributed by atoms with van der Waals surface area (Å²) in [6.45, 7) is 0. The number of aliphatic hydroxyl groups excluding tert-OH is 1. The van der Waals surface area contributed by atoms with E-state index in [1.165, 1.54) is 7.11 Å². The lowest BCUT2D eigenvalue weighted by Gasteiger charge is -2.06. The maximum atomic E-state index is 11.2. The number of pyridine rings is 1. The Bertz CT molecular complexity index is 538. The Kier molecular flexibility index (Phi) is 2.93. The highest BCUT2D eigenvalue weighted by Gasteiger charge is 2.21. The lowest BCUT2D eigenvalue weighted by atomic mass is 10.1. The van der Waals surface area contributed by atoms with Crippen molar-refractivity contribution >= 4 is 32.8 Å². The molecular weight excluding hydrogens is 276 g/mol. The first kappa shape index (κ1) is 11.1. The van der Waals surface area contributed by atoms with E-state index in [1.54, 1.807) is 18.5 Å². The minimum atomic E-state index is -1.29. The van der Waals surface area contributed by atoms with E-state index in [1.807, 2.05) is 0 Å². The third-order valence-corrected chi connectivity index (χ3v) is 2.72. The number of aromatic amines is 1. The fourth-order valence-corrected chi connectivity index (χ4v) is 1.81. The first-order valence-corrected chi connectivity index (χ1v) is 5.31. The number of rotatable bonds is 2. The molecule has 0 bridgehead atoms. The number of carbonyl (C=O) groups excluding carboxylic acids is 1. The van der Waals surface area contributed by atoms with Crippen molar-refractivity contribution in [3.8, 4) is 0 Å². The maximum Gasteiger partial charge on any atom is 0.339 e. The molecule has 0 saturated heterocycles. The van der Waals surface area contributed by atoms with Crippen molar-refractivity contribution in [2.75, 3.05) is 7.11 Å². The fourth-order valence-electron chi connectivity index (χ4n) is 1.48. The number of nitrogens with zero attached hydrogens (tertiary/aromatic N) is 1. The Balaban J connectivity index is 2.50. The number of halogens is 1. The average Bonchev–Trinajstić information content (AvgIpc) is 2.69. The number of aromatic nitrogens is 2. The minimum Gasteiger partial charge on any atom is -0.467 e. The monoisotopic (exact) mass is 284 g/mol. The Morgan fingerprint density at radius 3 is 3.12 bits per heavy atom. The van der Waals surface area contributed by atoms with Crippen LogP contribution in [0.4, 0.5) is 0 Å². The highest BCUT2D eigenvalue weighted by molar-refractivity contribution is 9.10. The van der Waals surface area contributed by atoms with Gasteiger partial charge in [-0.25, -0.2) is 9.78 Å². The van der Waals surface area contributed by atoms with Gasteiger partial charge in [-0.05, 0) is 22.0 Å². The highest BCUT2D eigenvalue weighted by Crippen LogP contribution is 2.25. The summed E-state index contributed by atoms with van der Waals surface area (Å²) in [5.74, 6) is -0.691. The summed E-state index contributed by atoms with van der Waals surface area (Å²) in [6.07, 6.45) is 1.86. The number of fused-ring (bicyclic) bond motifs is 1. The zero-order valence-electron chi connectivity index (χ0n) is 8.40. The molecule has 0 spiro atoms. The van der Waals surface area contributed by atoms with Gasteiger partial charge in [0.1, 0.15) is 4.60 Å². The quantitative estimate of drug-likeness (QED) is 0.648. The summed E-state index contributed by atoms with van der Waals surface area (Å²) in [5.41, 5.74) is 1.25. The normalized spacial score (nSPS) is 12.7. The van der Waals surface area contributed by atoms with Gasteiger partial charge in [0.05, 0.1) is 12.6 Å². The number of esters is 1. The lowest BCUT2D eigenvalue weighted by molar-refractivity contribution is -0.150. The molecule has 2 rings (SSSR count). The van der Waals surface area contributed by atoms with Crippen molar-refractivity contribution in [3.63, 3.8) is 0 Å². The predicted octanol–water partition coefficient (Wildman–Crippen LogP) is 1.53. The molecule has 0 aromatic carbocycles. The van der Waals surface area contributed by atoms with E-state index in [0.29, 0.717) is 15.6 Å². The Hall–Kier alpha value is -1.40. The largest absolute Gasteiger partial charge is 0.467 e. The summed E-state index contributed by atoms with van der Waals surface area (Å²) >= 11 is 3.24. The molecule has 1 unspecified atom stereocenters. The van der Waals surface area contributed by atoms with Crippen LogP contribution < -0.4 is 0 Å². The van der Waals surface area contributed by atoms with Crippen LogP contribution in [-0.4, -0.2) is 28.2 Å². The third-order valence-electron chi connectivity index (χ3n) is 2.28. The second kappa shape index (κ2) is 4.23. The molecule has 0 aliphatic heterocycles. The second-order valence-corrected chi connectivity index (χ2v) is 4.03. The highest BCUT2D eigenvalue weighted by atomic mass is 79.9. The van der Waals surface area contributed by atoms with Crippen LogP contribution in [0.1, 0.15) is 11.7 Å². The van der Waals surface area contributed by atoms with Crippen molar-refractivity contribution in [2.24, 2.45) is 0 Å². The van der Waals surface area contributed by atoms with Crippen LogP contribution in [0.5, 0.6) is 0 Å². The standard InChI is InChI=1S/C10H9BrN2O3/c1-16-10(15)9(14)6-4-12-7-2-8(11)13-3-5(6)7/h2-4,9,12,14H,1H3. The molecule has 2 N–H and O–H groups in total. The Labute approximate surface area is 99.6 Å². The number of nitrogens with one attached hydrogen (secondary N) is 1. The number of methoxy groups -OCH3 is 1. The lowest BCUT2D eigenvalue weighted by Crippen LogP contribution is -2.12. The first-order valence-electron chi connectivity index (χ1n) is 4.52. The van der Waals surface area contributed by atoms with Gasteiger partial charge in [0, 0.05) is 23.3 Å². The first-order chi connectivity index (χ1) is 7.63. The molecule has 0 fully saturated rings. The average molecular weight is 285 g/mol. The van der Waals surface area contributed by atoms with Gasteiger partial charge in [0.15, 0.2) is 6.10 Å². The molecule has 0 aliphatic rings. The van der Waals surface area contributed by atoms with Crippen LogP contribution in [-0.2, 0) is 9.53 Å². The summed E-state index contributed by atoms with van der Waals surface area (Å²) < 4.78 is 5.16. The summed E-state index contributed by atoms with van der Waals surface area (Å²) in [6, 6.07) is 1.77. The van der Waals surface area contributed by atoms with E-state index < -0.39 is 12.1 Å². The smallest absolute Gasteiger partial charge is 0.339 e. The number of H-pyrrole nitrogens is 1. The molecular formula is C10H9BrN2O3. The maximum absolute atomic E-state index is 11.2. The number of ether oxygens (including phenoxy) is 1. The number of hydrogen-bond acceptors (Lipinski definition) is 4. The van der Waals surface area contributed by atoms with Crippen molar-refractivity contribution in [1.29, 1.82) is 0 Å². The van der Waals surface area contributed by atoms with Gasteiger partial charge >= 0.3 is 5.97 Å². The summed E-state index contributed by atoms with van der Waals surface area (Å²) in [7, 11) is 1.23. The molecule has 1 atom stereocenters. The van der Waals surface area contributed by atoms with Crippen LogP contribution in [0.25, 0.3) is 10.9 Å². The molecule has 2 aromatic heterocycles. The second-order valence-electron chi connectivity index (χ2n) is 3.22. The van der Waals surface area contributed by atoms with E-state index >= 15 is 0 Å². The number of carbonyl (C=O) groups is 1. The molecule has 5 nitrogen and oxygen atoms in total. The van der Waals surface area contributed by atoms with E-state index in [4.69, 9.17) is 0 Å². The number of aliphatic hydroxyl groups is 1. The minimum absolute atomic E-state index is 0.460. The third kappa shape index (κ3) is 1.81. The van der Waals surface area contributed by atoms with E-state index in [2.05, 4.69) is 30.6 Å². The summed E-state index contributed by atoms with van der Waals surface area (Å²) in [4.78, 5) is 18.2. The van der Waals surface area contributed by atoms with E-state index in [-0.39, 0.29) is 0 Å². The Morgan fingerprint density at radius 2 is 2.44 bits per heavy atom. The Morgan fingerprint density at radius 1 is 1.69 bits per heavy atom.